The molecule has 1 amide bonds. The summed E-state index contributed by atoms with van der Waals surface area (Å²) in [6.07, 6.45) is 0.0519. The van der Waals surface area contributed by atoms with Gasteiger partial charge in [-0.25, -0.2) is 0 Å². The average molecular weight is 448 g/mol. The van der Waals surface area contributed by atoms with Crippen molar-refractivity contribution in [3.63, 3.8) is 0 Å². The highest BCUT2D eigenvalue weighted by Gasteiger charge is 2.37. The van der Waals surface area contributed by atoms with Gasteiger partial charge >= 0.3 is 5.97 Å². The van der Waals surface area contributed by atoms with Crippen molar-refractivity contribution in [2.24, 2.45) is 5.92 Å². The van der Waals surface area contributed by atoms with Crippen LogP contribution in [0.2, 0.25) is 0 Å². The van der Waals surface area contributed by atoms with E-state index in [4.69, 9.17) is 15.2 Å². The third-order valence-electron chi connectivity index (χ3n) is 5.27. The van der Waals surface area contributed by atoms with Gasteiger partial charge in [0.2, 0.25) is 17.8 Å². The van der Waals surface area contributed by atoms with Gasteiger partial charge in [0, 0.05) is 18.7 Å². The molecule has 10 heteroatoms. The molecule has 0 bridgehead atoms. The molecule has 0 aliphatic carbocycles. The predicted octanol–water partition coefficient (Wildman–Crippen LogP) is 2.61. The molecule has 0 unspecified atom stereocenters. The van der Waals surface area contributed by atoms with E-state index in [1.807, 2.05) is 43.3 Å². The van der Waals surface area contributed by atoms with Crippen LogP contribution >= 0.6 is 0 Å². The Labute approximate surface area is 190 Å². The molecular formula is C23H24N6O4. The minimum Gasteiger partial charge on any atom is -0.495 e. The maximum Gasteiger partial charge on any atom is 0.311 e. The molecule has 170 valence electrons. The van der Waals surface area contributed by atoms with Gasteiger partial charge in [-0.2, -0.15) is 15.0 Å². The number of nitrogens with one attached hydrogen (secondary N) is 1. The normalized spacial score (nSPS) is 15.4. The Bertz CT molecular complexity index is 1190. The molecule has 0 saturated carbocycles. The molecule has 0 radical (unpaired) electrons. The fourth-order valence-electron chi connectivity index (χ4n) is 3.60. The lowest BCUT2D eigenvalue weighted by atomic mass is 10.1. The zero-order valence-corrected chi connectivity index (χ0v) is 18.3. The first kappa shape index (κ1) is 22.0. The molecule has 1 saturated heterocycles. The summed E-state index contributed by atoms with van der Waals surface area (Å²) >= 11 is 0. The number of hydrogen-bond acceptors (Lipinski definition) is 9. The van der Waals surface area contributed by atoms with E-state index in [0.29, 0.717) is 11.4 Å². The van der Waals surface area contributed by atoms with Gasteiger partial charge < -0.3 is 25.4 Å². The number of hydrogen-bond donors (Lipinski definition) is 2. The van der Waals surface area contributed by atoms with E-state index in [9.17, 15) is 9.59 Å². The van der Waals surface area contributed by atoms with Gasteiger partial charge in [0.1, 0.15) is 5.75 Å². The van der Waals surface area contributed by atoms with E-state index in [2.05, 4.69) is 20.3 Å². The highest BCUT2D eigenvalue weighted by molar-refractivity contribution is 6.00. The lowest BCUT2D eigenvalue weighted by molar-refractivity contribution is -0.149. The van der Waals surface area contributed by atoms with Crippen LogP contribution in [0.1, 0.15) is 17.8 Å². The number of esters is 1. The van der Waals surface area contributed by atoms with Crippen molar-refractivity contribution in [3.8, 4) is 5.75 Å². The summed E-state index contributed by atoms with van der Waals surface area (Å²) in [6, 6.07) is 14.8. The number of aryl methyl sites for hydroxylation is 1. The predicted molar refractivity (Wildman–Crippen MR) is 122 cm³/mol. The van der Waals surface area contributed by atoms with Crippen LogP contribution in [0.5, 0.6) is 5.75 Å². The third-order valence-corrected chi connectivity index (χ3v) is 5.27. The number of nitrogens with two attached hydrogens (primary N) is 1. The minimum absolute atomic E-state index is 0.00512. The number of carbonyl (C=O) groups excluding carboxylic acids is 2. The SMILES string of the molecule is COc1ccccc1N1C[C@H](C(=O)OCc2nc(N)nc(Nc3ccccc3C)n2)CC1=O. The molecule has 1 aliphatic heterocycles. The summed E-state index contributed by atoms with van der Waals surface area (Å²) in [5.74, 6) is -0.256. The fourth-order valence-corrected chi connectivity index (χ4v) is 3.60. The molecular weight excluding hydrogens is 424 g/mol. The van der Waals surface area contributed by atoms with Crippen molar-refractivity contribution in [3.05, 3.63) is 59.9 Å². The zero-order chi connectivity index (χ0) is 23.4. The van der Waals surface area contributed by atoms with Gasteiger partial charge in [0.25, 0.3) is 0 Å². The number of ether oxygens (including phenoxy) is 2. The van der Waals surface area contributed by atoms with Gasteiger partial charge in [-0.1, -0.05) is 30.3 Å². The lowest BCUT2D eigenvalue weighted by Gasteiger charge is -2.19. The number of methoxy groups -OCH3 is 1. The number of para-hydroxylation sites is 3. The van der Waals surface area contributed by atoms with Crippen LogP contribution in [0.4, 0.5) is 23.3 Å². The Morgan fingerprint density at radius 1 is 1.15 bits per heavy atom. The molecule has 0 spiro atoms. The topological polar surface area (TPSA) is 133 Å². The number of rotatable bonds is 7. The number of benzene rings is 2. The molecule has 3 aromatic rings. The molecule has 10 nitrogen and oxygen atoms in total. The van der Waals surface area contributed by atoms with Crippen LogP contribution in [-0.4, -0.2) is 40.5 Å². The molecule has 2 aromatic carbocycles. The summed E-state index contributed by atoms with van der Waals surface area (Å²) < 4.78 is 10.7. The van der Waals surface area contributed by atoms with Crippen LogP contribution in [-0.2, 0) is 20.9 Å². The van der Waals surface area contributed by atoms with E-state index in [1.54, 1.807) is 12.1 Å². The number of aromatic nitrogens is 3. The maximum atomic E-state index is 12.7. The van der Waals surface area contributed by atoms with E-state index in [0.717, 1.165) is 11.3 Å². The van der Waals surface area contributed by atoms with Gasteiger partial charge in [-0.15, -0.1) is 0 Å². The van der Waals surface area contributed by atoms with Crippen molar-refractivity contribution < 1.29 is 19.1 Å². The fraction of sp³-hybridized carbons (Fsp3) is 0.261. The molecule has 1 aliphatic rings. The Morgan fingerprint density at radius 2 is 1.91 bits per heavy atom. The van der Waals surface area contributed by atoms with Crippen molar-refractivity contribution in [2.75, 3.05) is 29.6 Å². The standard InChI is InChI=1S/C23H24N6O4/c1-14-7-3-4-8-16(14)25-23-27-19(26-22(24)28-23)13-33-21(31)15-11-20(30)29(12-15)17-9-5-6-10-18(17)32-2/h3-10,15H,11-13H2,1-2H3,(H3,24,25,26,27,28)/t15-/m1/s1. The molecule has 1 atom stereocenters. The summed E-state index contributed by atoms with van der Waals surface area (Å²) in [6.45, 7) is 1.97. The van der Waals surface area contributed by atoms with Crippen molar-refractivity contribution in [1.82, 2.24) is 15.0 Å². The number of carbonyl (C=O) groups is 2. The van der Waals surface area contributed by atoms with E-state index in [1.165, 1.54) is 12.0 Å². The average Bonchev–Trinajstić information content (AvgIpc) is 3.20. The Morgan fingerprint density at radius 3 is 2.70 bits per heavy atom. The van der Waals surface area contributed by atoms with E-state index >= 15 is 0 Å². The van der Waals surface area contributed by atoms with E-state index < -0.39 is 11.9 Å². The van der Waals surface area contributed by atoms with Crippen LogP contribution in [0, 0.1) is 12.8 Å². The van der Waals surface area contributed by atoms with Crippen LogP contribution < -0.4 is 20.7 Å². The Kier molecular flexibility index (Phi) is 6.34. The Hall–Kier alpha value is -4.21. The van der Waals surface area contributed by atoms with Crippen molar-refractivity contribution in [2.45, 2.75) is 20.0 Å². The summed E-state index contributed by atoms with van der Waals surface area (Å²) in [5, 5.41) is 3.09. The summed E-state index contributed by atoms with van der Waals surface area (Å²) in [4.78, 5) is 39.1. The molecule has 1 aromatic heterocycles. The zero-order valence-electron chi connectivity index (χ0n) is 18.3. The molecule has 3 N–H and O–H groups in total. The Balaban J connectivity index is 1.40. The number of nitrogens with zero attached hydrogens (tertiary/aromatic N) is 4. The largest absolute Gasteiger partial charge is 0.495 e. The number of nitrogen functional groups attached to an aromatic ring is 1. The molecule has 2 heterocycles. The van der Waals surface area contributed by atoms with Crippen LogP contribution in [0.3, 0.4) is 0 Å². The first-order chi connectivity index (χ1) is 15.9. The highest BCUT2D eigenvalue weighted by Crippen LogP contribution is 2.33. The summed E-state index contributed by atoms with van der Waals surface area (Å²) in [7, 11) is 1.54. The second-order valence-electron chi connectivity index (χ2n) is 7.56. The first-order valence-electron chi connectivity index (χ1n) is 10.4. The van der Waals surface area contributed by atoms with Crippen LogP contribution in [0.15, 0.2) is 48.5 Å². The second-order valence-corrected chi connectivity index (χ2v) is 7.56. The third kappa shape index (κ3) is 5.00. The van der Waals surface area contributed by atoms with Gasteiger partial charge in [0.05, 0.1) is 18.7 Å². The minimum atomic E-state index is -0.605. The van der Waals surface area contributed by atoms with Crippen molar-refractivity contribution >= 4 is 35.1 Å². The van der Waals surface area contributed by atoms with Gasteiger partial charge in [-0.05, 0) is 30.7 Å². The summed E-state index contributed by atoms with van der Waals surface area (Å²) in [5.41, 5.74) is 8.26. The smallest absolute Gasteiger partial charge is 0.311 e. The quantitative estimate of drug-likeness (QED) is 0.523. The van der Waals surface area contributed by atoms with E-state index in [-0.39, 0.29) is 43.2 Å². The van der Waals surface area contributed by atoms with Gasteiger partial charge in [0.15, 0.2) is 12.4 Å². The first-order valence-corrected chi connectivity index (χ1v) is 10.4. The van der Waals surface area contributed by atoms with Crippen molar-refractivity contribution in [1.29, 1.82) is 0 Å². The number of anilines is 4. The molecule has 1 fully saturated rings. The van der Waals surface area contributed by atoms with Gasteiger partial charge in [-0.3, -0.25) is 9.59 Å². The highest BCUT2D eigenvalue weighted by atomic mass is 16.5. The van der Waals surface area contributed by atoms with Crippen LogP contribution in [0.25, 0.3) is 0 Å². The monoisotopic (exact) mass is 448 g/mol. The molecule has 33 heavy (non-hydrogen) atoms. The maximum absolute atomic E-state index is 12.7. The lowest BCUT2D eigenvalue weighted by Crippen LogP contribution is -2.27. The second kappa shape index (κ2) is 9.51. The molecule has 4 rings (SSSR count). The number of amides is 1.